The molecule has 1 N–H and O–H groups in total. The number of ether oxygens (including phenoxy) is 1. The average molecular weight is 424 g/mol. The van der Waals surface area contributed by atoms with E-state index in [2.05, 4.69) is 27.5 Å². The van der Waals surface area contributed by atoms with E-state index in [-0.39, 0.29) is 6.09 Å². The van der Waals surface area contributed by atoms with Gasteiger partial charge in [-0.2, -0.15) is 0 Å². The predicted molar refractivity (Wildman–Crippen MR) is 119 cm³/mol. The van der Waals surface area contributed by atoms with Crippen molar-refractivity contribution < 1.29 is 9.53 Å². The molecule has 7 nitrogen and oxygen atoms in total. The predicted octanol–water partition coefficient (Wildman–Crippen LogP) is 3.89. The van der Waals surface area contributed by atoms with E-state index < -0.39 is 5.60 Å². The number of aliphatic imine (C=N–C) groups is 1. The zero-order chi connectivity index (χ0) is 21.4. The van der Waals surface area contributed by atoms with E-state index in [9.17, 15) is 4.79 Å². The van der Waals surface area contributed by atoms with Crippen LogP contribution in [0, 0.1) is 12.8 Å². The van der Waals surface area contributed by atoms with E-state index in [1.54, 1.807) is 11.3 Å². The molecule has 1 amide bonds. The highest BCUT2D eigenvalue weighted by Crippen LogP contribution is 2.22. The molecule has 29 heavy (non-hydrogen) atoms. The second-order valence-electron chi connectivity index (χ2n) is 8.67. The van der Waals surface area contributed by atoms with Crippen molar-refractivity contribution in [2.24, 2.45) is 10.9 Å². The Morgan fingerprint density at radius 1 is 1.48 bits per heavy atom. The van der Waals surface area contributed by atoms with Gasteiger partial charge in [-0.15, -0.1) is 11.3 Å². The zero-order valence-corrected chi connectivity index (χ0v) is 19.6. The van der Waals surface area contributed by atoms with Gasteiger partial charge < -0.3 is 19.9 Å². The van der Waals surface area contributed by atoms with Gasteiger partial charge in [0.05, 0.1) is 17.2 Å². The number of hydrogen-bond acceptors (Lipinski definition) is 5. The van der Waals surface area contributed by atoms with Crippen LogP contribution in [0.25, 0.3) is 0 Å². The summed E-state index contributed by atoms with van der Waals surface area (Å²) in [5, 5.41) is 6.55. The quantitative estimate of drug-likeness (QED) is 0.555. The highest BCUT2D eigenvalue weighted by Gasteiger charge is 2.27. The Morgan fingerprint density at radius 2 is 2.24 bits per heavy atom. The van der Waals surface area contributed by atoms with Crippen molar-refractivity contribution in [1.29, 1.82) is 0 Å². The lowest BCUT2D eigenvalue weighted by atomic mass is 9.95. The Hall–Kier alpha value is -1.83. The second kappa shape index (κ2) is 10.8. The van der Waals surface area contributed by atoms with E-state index in [0.717, 1.165) is 68.6 Å². The molecule has 1 aromatic rings. The molecular formula is C21H37N5O2S. The summed E-state index contributed by atoms with van der Waals surface area (Å²) < 4.78 is 5.53. The topological polar surface area (TPSA) is 70.1 Å². The summed E-state index contributed by atoms with van der Waals surface area (Å²) in [6.45, 7) is 13.7. The van der Waals surface area contributed by atoms with E-state index in [4.69, 9.17) is 9.73 Å². The van der Waals surface area contributed by atoms with Crippen LogP contribution in [0.15, 0.2) is 10.4 Å². The van der Waals surface area contributed by atoms with Gasteiger partial charge in [-0.1, -0.05) is 0 Å². The molecule has 0 aliphatic carbocycles. The summed E-state index contributed by atoms with van der Waals surface area (Å²) in [4.78, 5) is 25.7. The fourth-order valence-corrected chi connectivity index (χ4v) is 4.02. The molecule has 1 unspecified atom stereocenters. The van der Waals surface area contributed by atoms with Crippen molar-refractivity contribution in [3.05, 3.63) is 16.1 Å². The van der Waals surface area contributed by atoms with Crippen LogP contribution in [0.1, 0.15) is 57.7 Å². The fraction of sp³-hybridized carbons (Fsp3) is 0.762. The lowest BCUT2D eigenvalue weighted by Crippen LogP contribution is -2.43. The van der Waals surface area contributed by atoms with Crippen LogP contribution in [0.2, 0.25) is 0 Å². The molecule has 0 radical (unpaired) electrons. The number of thiazole rings is 1. The Balaban J connectivity index is 1.86. The first-order chi connectivity index (χ1) is 13.7. The maximum atomic E-state index is 12.3. The minimum Gasteiger partial charge on any atom is -0.444 e. The summed E-state index contributed by atoms with van der Waals surface area (Å²) in [7, 11) is 2.04. The molecule has 0 aromatic carbocycles. The van der Waals surface area contributed by atoms with Crippen LogP contribution >= 0.6 is 11.3 Å². The minimum atomic E-state index is -0.449. The van der Waals surface area contributed by atoms with Gasteiger partial charge in [0, 0.05) is 38.6 Å². The number of rotatable bonds is 6. The molecular weight excluding hydrogens is 386 g/mol. The monoisotopic (exact) mass is 423 g/mol. The van der Waals surface area contributed by atoms with Gasteiger partial charge >= 0.3 is 6.09 Å². The standard InChI is InChI=1S/C21H37N5O2S/c1-7-22-19(25(6)14-18-15-29-16(2)24-18)23-11-10-17-9-8-12-26(13-17)20(27)28-21(3,4)5/h15,17H,7-14H2,1-6H3,(H,22,23). The number of carbonyl (C=O) groups excluding carboxylic acids is 1. The Bertz CT molecular complexity index is 683. The molecule has 0 bridgehead atoms. The molecule has 8 heteroatoms. The number of piperidine rings is 1. The third-order valence-corrected chi connectivity index (χ3v) is 5.55. The largest absolute Gasteiger partial charge is 0.444 e. The first-order valence-corrected chi connectivity index (χ1v) is 11.4. The highest BCUT2D eigenvalue weighted by atomic mass is 32.1. The van der Waals surface area contributed by atoms with Crippen LogP contribution in [-0.4, -0.2) is 65.7 Å². The Labute approximate surface area is 179 Å². The van der Waals surface area contributed by atoms with Gasteiger partial charge in [0.1, 0.15) is 5.60 Å². The van der Waals surface area contributed by atoms with Crippen molar-refractivity contribution in [3.8, 4) is 0 Å². The molecule has 1 atom stereocenters. The average Bonchev–Trinajstić information content (AvgIpc) is 3.04. The van der Waals surface area contributed by atoms with Gasteiger partial charge in [-0.25, -0.2) is 9.78 Å². The number of aryl methyl sites for hydroxylation is 1. The Kier molecular flexibility index (Phi) is 8.74. The van der Waals surface area contributed by atoms with E-state index >= 15 is 0 Å². The van der Waals surface area contributed by atoms with Crippen molar-refractivity contribution in [3.63, 3.8) is 0 Å². The highest BCUT2D eigenvalue weighted by molar-refractivity contribution is 7.09. The molecule has 2 heterocycles. The van der Waals surface area contributed by atoms with Crippen LogP contribution < -0.4 is 5.32 Å². The van der Waals surface area contributed by atoms with Crippen LogP contribution in [0.3, 0.4) is 0 Å². The number of hydrogen-bond donors (Lipinski definition) is 1. The summed E-state index contributed by atoms with van der Waals surface area (Å²) >= 11 is 1.67. The number of likely N-dealkylation sites (tertiary alicyclic amines) is 1. The SMILES string of the molecule is CCNC(=NCCC1CCCN(C(=O)OC(C)(C)C)C1)N(C)Cc1csc(C)n1. The Morgan fingerprint density at radius 3 is 2.86 bits per heavy atom. The fourth-order valence-electron chi connectivity index (χ4n) is 3.41. The summed E-state index contributed by atoms with van der Waals surface area (Å²) in [6, 6.07) is 0. The van der Waals surface area contributed by atoms with Gasteiger partial charge in [-0.3, -0.25) is 4.99 Å². The second-order valence-corrected chi connectivity index (χ2v) is 9.74. The molecule has 0 spiro atoms. The summed E-state index contributed by atoms with van der Waals surface area (Å²) in [5.41, 5.74) is 0.621. The van der Waals surface area contributed by atoms with Gasteiger partial charge in [0.2, 0.25) is 0 Å². The maximum Gasteiger partial charge on any atom is 0.410 e. The number of guanidine groups is 1. The van der Waals surface area contributed by atoms with Gasteiger partial charge in [0.15, 0.2) is 5.96 Å². The summed E-state index contributed by atoms with van der Waals surface area (Å²) in [5.74, 6) is 1.37. The molecule has 1 saturated heterocycles. The molecule has 1 aromatic heterocycles. The number of aromatic nitrogens is 1. The van der Waals surface area contributed by atoms with Crippen molar-refractivity contribution in [2.75, 3.05) is 33.2 Å². The summed E-state index contributed by atoms with van der Waals surface area (Å²) in [6.07, 6.45) is 2.94. The maximum absolute atomic E-state index is 12.3. The van der Waals surface area contributed by atoms with Crippen LogP contribution in [0.5, 0.6) is 0 Å². The van der Waals surface area contributed by atoms with Crippen LogP contribution in [-0.2, 0) is 11.3 Å². The van der Waals surface area contributed by atoms with Crippen molar-refractivity contribution >= 4 is 23.4 Å². The zero-order valence-electron chi connectivity index (χ0n) is 18.8. The van der Waals surface area contributed by atoms with Crippen molar-refractivity contribution in [2.45, 2.75) is 66.0 Å². The molecule has 1 aliphatic heterocycles. The first kappa shape index (κ1) is 23.4. The third kappa shape index (κ3) is 8.20. The molecule has 2 rings (SSSR count). The smallest absolute Gasteiger partial charge is 0.410 e. The number of carbonyl (C=O) groups is 1. The molecule has 164 valence electrons. The lowest BCUT2D eigenvalue weighted by Gasteiger charge is -2.34. The number of nitrogens with zero attached hydrogens (tertiary/aromatic N) is 4. The van der Waals surface area contributed by atoms with E-state index in [1.807, 2.05) is 39.6 Å². The minimum absolute atomic E-state index is 0.197. The molecule has 1 aliphatic rings. The normalized spacial score (nSPS) is 17.9. The third-order valence-electron chi connectivity index (χ3n) is 4.73. The number of amides is 1. The van der Waals surface area contributed by atoms with Gasteiger partial charge in [-0.05, 0) is 59.8 Å². The molecule has 0 saturated carbocycles. The van der Waals surface area contributed by atoms with Crippen molar-refractivity contribution in [1.82, 2.24) is 20.1 Å². The van der Waals surface area contributed by atoms with E-state index in [1.165, 1.54) is 0 Å². The number of nitrogens with one attached hydrogen (secondary N) is 1. The van der Waals surface area contributed by atoms with Crippen LogP contribution in [0.4, 0.5) is 4.79 Å². The molecule has 1 fully saturated rings. The first-order valence-electron chi connectivity index (χ1n) is 10.6. The lowest BCUT2D eigenvalue weighted by molar-refractivity contribution is 0.0163. The van der Waals surface area contributed by atoms with E-state index in [0.29, 0.717) is 5.92 Å². The van der Waals surface area contributed by atoms with Gasteiger partial charge in [0.25, 0.3) is 0 Å².